The number of esters is 1. The Morgan fingerprint density at radius 2 is 1.58 bits per heavy atom. The van der Waals surface area contributed by atoms with E-state index < -0.39 is 30.3 Å². The lowest BCUT2D eigenvalue weighted by atomic mass is 9.80. The lowest BCUT2D eigenvalue weighted by molar-refractivity contribution is -0.123. The Balaban J connectivity index is 1.21. The van der Waals surface area contributed by atoms with Crippen LogP contribution in [0.3, 0.4) is 0 Å². The number of carbonyl (C=O) groups excluding carboxylic acids is 4. The highest BCUT2D eigenvalue weighted by Gasteiger charge is 2.66. The van der Waals surface area contributed by atoms with E-state index >= 15 is 0 Å². The van der Waals surface area contributed by atoms with Gasteiger partial charge >= 0.3 is 5.97 Å². The van der Waals surface area contributed by atoms with Gasteiger partial charge in [0.2, 0.25) is 11.8 Å². The highest BCUT2D eigenvalue weighted by Crippen LogP contribution is 2.59. The number of aryl methyl sites for hydroxylation is 2. The maximum atomic E-state index is 13.1. The summed E-state index contributed by atoms with van der Waals surface area (Å²) in [6.45, 7) is 3.32. The Hall–Kier alpha value is -2.42. The number of fused-ring (bicyclic) bond motifs is 5. The van der Waals surface area contributed by atoms with Crippen LogP contribution >= 0.6 is 39.1 Å². The number of imide groups is 1. The maximum absolute atomic E-state index is 13.1. The standard InChI is InChI=1S/C26H23BrCl2N2O5/c1-11-8-18(12(2)7-17(11)27)30-19(32)10-36-26(35)13-3-5-14(6-4-13)31-24(33)20-15-9-16(21(20)25(31)34)23(29)22(15)28/h3-8,15-16,20-23H,9-10H2,1-2H3,(H,30,32)/t15-,16-,20-,21-,22+,23+/m1/s1. The van der Waals surface area contributed by atoms with E-state index in [-0.39, 0.29) is 40.0 Å². The minimum absolute atomic E-state index is 0.101. The molecule has 0 spiro atoms. The summed E-state index contributed by atoms with van der Waals surface area (Å²) in [5, 5.41) is 2.10. The molecular formula is C26H23BrCl2N2O5. The van der Waals surface area contributed by atoms with Crippen LogP contribution in [-0.2, 0) is 19.1 Å². The molecule has 0 radical (unpaired) electrons. The molecule has 188 valence electrons. The first-order valence-electron chi connectivity index (χ1n) is 11.6. The lowest BCUT2D eigenvalue weighted by Crippen LogP contribution is -2.37. The van der Waals surface area contributed by atoms with Crippen LogP contribution in [0.1, 0.15) is 27.9 Å². The Labute approximate surface area is 226 Å². The normalized spacial score (nSPS) is 28.4. The van der Waals surface area contributed by atoms with Crippen LogP contribution in [0, 0.1) is 37.5 Å². The minimum atomic E-state index is -0.690. The molecule has 3 amide bonds. The number of benzene rings is 2. The van der Waals surface area contributed by atoms with Gasteiger partial charge in [0, 0.05) is 10.2 Å². The van der Waals surface area contributed by atoms with Gasteiger partial charge in [-0.05, 0) is 79.6 Å². The zero-order valence-corrected chi connectivity index (χ0v) is 22.6. The third-order valence-corrected chi connectivity index (χ3v) is 9.64. The topological polar surface area (TPSA) is 92.8 Å². The van der Waals surface area contributed by atoms with Crippen molar-refractivity contribution in [3.8, 4) is 0 Å². The van der Waals surface area contributed by atoms with Crippen LogP contribution in [0.5, 0.6) is 0 Å². The molecule has 7 nitrogen and oxygen atoms in total. The number of nitrogens with zero attached hydrogens (tertiary/aromatic N) is 1. The second kappa shape index (κ2) is 9.47. The molecule has 36 heavy (non-hydrogen) atoms. The van der Waals surface area contributed by atoms with E-state index in [0.29, 0.717) is 17.8 Å². The van der Waals surface area contributed by atoms with Gasteiger partial charge < -0.3 is 10.1 Å². The average molecular weight is 594 g/mol. The molecule has 2 bridgehead atoms. The molecule has 1 N–H and O–H groups in total. The Kier molecular flexibility index (Phi) is 6.64. The molecule has 3 aliphatic rings. The van der Waals surface area contributed by atoms with Gasteiger partial charge in [-0.3, -0.25) is 19.3 Å². The minimum Gasteiger partial charge on any atom is -0.452 e. The van der Waals surface area contributed by atoms with Crippen LogP contribution < -0.4 is 10.2 Å². The Bertz CT molecular complexity index is 1250. The van der Waals surface area contributed by atoms with Crippen LogP contribution in [-0.4, -0.2) is 41.1 Å². The van der Waals surface area contributed by atoms with E-state index in [2.05, 4.69) is 21.2 Å². The van der Waals surface area contributed by atoms with Gasteiger partial charge in [-0.15, -0.1) is 23.2 Å². The zero-order chi connectivity index (χ0) is 25.9. The summed E-state index contributed by atoms with van der Waals surface area (Å²) in [4.78, 5) is 52.2. The first-order chi connectivity index (χ1) is 17.1. The summed E-state index contributed by atoms with van der Waals surface area (Å²) in [6, 6.07) is 9.72. The molecule has 2 aromatic carbocycles. The summed E-state index contributed by atoms with van der Waals surface area (Å²) in [6.07, 6.45) is 0.697. The van der Waals surface area contributed by atoms with E-state index in [1.807, 2.05) is 26.0 Å². The van der Waals surface area contributed by atoms with E-state index in [1.165, 1.54) is 29.2 Å². The average Bonchev–Trinajstić information content (AvgIpc) is 3.46. The molecule has 3 fully saturated rings. The molecule has 2 aromatic rings. The lowest BCUT2D eigenvalue weighted by Gasteiger charge is -2.28. The van der Waals surface area contributed by atoms with Gasteiger partial charge in [0.15, 0.2) is 6.61 Å². The first-order valence-corrected chi connectivity index (χ1v) is 13.2. The highest BCUT2D eigenvalue weighted by atomic mass is 79.9. The third kappa shape index (κ3) is 4.13. The molecule has 0 unspecified atom stereocenters. The number of hydrogen-bond acceptors (Lipinski definition) is 5. The van der Waals surface area contributed by atoms with Crippen molar-refractivity contribution in [1.82, 2.24) is 0 Å². The number of amides is 3. The van der Waals surface area contributed by atoms with E-state index in [9.17, 15) is 19.2 Å². The largest absolute Gasteiger partial charge is 0.452 e. The third-order valence-electron chi connectivity index (χ3n) is 7.46. The van der Waals surface area contributed by atoms with Crippen molar-refractivity contribution < 1.29 is 23.9 Å². The molecule has 1 heterocycles. The molecule has 2 saturated carbocycles. The van der Waals surface area contributed by atoms with Gasteiger partial charge in [0.1, 0.15) is 0 Å². The second-order valence-electron chi connectivity index (χ2n) is 9.60. The number of halogens is 3. The molecule has 5 rings (SSSR count). The monoisotopic (exact) mass is 592 g/mol. The molecule has 0 aromatic heterocycles. The number of nitrogens with one attached hydrogen (secondary N) is 1. The van der Waals surface area contributed by atoms with Gasteiger partial charge in [-0.2, -0.15) is 0 Å². The van der Waals surface area contributed by atoms with E-state index in [1.54, 1.807) is 0 Å². The Morgan fingerprint density at radius 1 is 1.00 bits per heavy atom. The summed E-state index contributed by atoms with van der Waals surface area (Å²) in [7, 11) is 0. The van der Waals surface area contributed by atoms with Crippen LogP contribution in [0.2, 0.25) is 0 Å². The van der Waals surface area contributed by atoms with Crippen molar-refractivity contribution in [2.45, 2.75) is 31.0 Å². The van der Waals surface area contributed by atoms with Crippen LogP contribution in [0.25, 0.3) is 0 Å². The fraction of sp³-hybridized carbons (Fsp3) is 0.385. The Morgan fingerprint density at radius 3 is 2.17 bits per heavy atom. The van der Waals surface area contributed by atoms with Crippen LogP contribution in [0.15, 0.2) is 40.9 Å². The summed E-state index contributed by atoms with van der Waals surface area (Å²) >= 11 is 16.3. The van der Waals surface area contributed by atoms with Crippen molar-refractivity contribution in [3.05, 3.63) is 57.6 Å². The molecular weight excluding hydrogens is 571 g/mol. The van der Waals surface area contributed by atoms with Gasteiger partial charge in [-0.25, -0.2) is 4.79 Å². The van der Waals surface area contributed by atoms with Crippen molar-refractivity contribution >= 4 is 74.2 Å². The number of ether oxygens (including phenoxy) is 1. The van der Waals surface area contributed by atoms with Crippen LogP contribution in [0.4, 0.5) is 11.4 Å². The molecule has 1 saturated heterocycles. The molecule has 2 aliphatic carbocycles. The number of rotatable bonds is 5. The number of anilines is 2. The molecule has 6 atom stereocenters. The summed E-state index contributed by atoms with van der Waals surface area (Å²) < 4.78 is 6.08. The van der Waals surface area contributed by atoms with Crippen molar-refractivity contribution in [1.29, 1.82) is 0 Å². The van der Waals surface area contributed by atoms with Gasteiger partial charge in [-0.1, -0.05) is 15.9 Å². The zero-order valence-electron chi connectivity index (χ0n) is 19.5. The first kappa shape index (κ1) is 25.2. The maximum Gasteiger partial charge on any atom is 0.338 e. The predicted molar refractivity (Wildman–Crippen MR) is 139 cm³/mol. The van der Waals surface area contributed by atoms with Crippen molar-refractivity contribution in [2.75, 3.05) is 16.8 Å². The fourth-order valence-electron chi connectivity index (χ4n) is 5.67. The highest BCUT2D eigenvalue weighted by molar-refractivity contribution is 9.10. The summed E-state index contributed by atoms with van der Waals surface area (Å²) in [5.74, 6) is -2.77. The fourth-order valence-corrected chi connectivity index (χ4v) is 7.02. The van der Waals surface area contributed by atoms with Crippen molar-refractivity contribution in [3.63, 3.8) is 0 Å². The van der Waals surface area contributed by atoms with Gasteiger partial charge in [0.25, 0.3) is 5.91 Å². The number of carbonyl (C=O) groups is 4. The number of hydrogen-bond donors (Lipinski definition) is 1. The summed E-state index contributed by atoms with van der Waals surface area (Å²) in [5.41, 5.74) is 3.05. The molecule has 10 heteroatoms. The smallest absolute Gasteiger partial charge is 0.338 e. The van der Waals surface area contributed by atoms with Crippen molar-refractivity contribution in [2.24, 2.45) is 23.7 Å². The SMILES string of the molecule is Cc1cc(NC(=O)COC(=O)c2ccc(N3C(=O)[C@@H]4[C@H]5C[C@@H]([C@H](Cl)[C@H]5Cl)[C@H]4C3=O)cc2)c(C)cc1Br. The molecule has 1 aliphatic heterocycles. The quantitative estimate of drug-likeness (QED) is 0.304. The second-order valence-corrected chi connectivity index (χ2v) is 11.5. The van der Waals surface area contributed by atoms with E-state index in [4.69, 9.17) is 27.9 Å². The number of alkyl halides is 2. The van der Waals surface area contributed by atoms with E-state index in [0.717, 1.165) is 15.6 Å². The van der Waals surface area contributed by atoms with Gasteiger partial charge in [0.05, 0.1) is 33.8 Å². The predicted octanol–water partition coefficient (Wildman–Crippen LogP) is 4.83.